The molecule has 2 aromatic rings. The molecule has 1 saturated heterocycles. The number of fused-ring (bicyclic) bond motifs is 1. The van der Waals surface area contributed by atoms with E-state index in [0.29, 0.717) is 0 Å². The van der Waals surface area contributed by atoms with E-state index in [-0.39, 0.29) is 12.5 Å². The molecule has 4 heteroatoms. The molecule has 27 heavy (non-hydrogen) atoms. The van der Waals surface area contributed by atoms with Crippen molar-refractivity contribution in [1.29, 1.82) is 0 Å². The van der Waals surface area contributed by atoms with Crippen LogP contribution in [0.5, 0.6) is 5.75 Å². The average Bonchev–Trinajstić information content (AvgIpc) is 2.72. The van der Waals surface area contributed by atoms with Gasteiger partial charge in [0.05, 0.1) is 0 Å². The lowest BCUT2D eigenvalue weighted by Gasteiger charge is -2.36. The predicted octanol–water partition coefficient (Wildman–Crippen LogP) is 3.60. The maximum Gasteiger partial charge on any atom is 0.260 e. The Bertz CT molecular complexity index is 810. The van der Waals surface area contributed by atoms with E-state index in [4.69, 9.17) is 4.74 Å². The van der Waals surface area contributed by atoms with Gasteiger partial charge < -0.3 is 14.5 Å². The maximum atomic E-state index is 12.6. The number of carbonyl (C=O) groups is 1. The second kappa shape index (κ2) is 8.03. The van der Waals surface area contributed by atoms with Crippen LogP contribution < -0.4 is 9.64 Å². The number of aryl methyl sites for hydroxylation is 2. The molecule has 1 heterocycles. The fourth-order valence-corrected chi connectivity index (χ4v) is 4.15. The summed E-state index contributed by atoms with van der Waals surface area (Å²) in [6.07, 6.45) is 4.65. The number of benzene rings is 2. The molecule has 0 unspecified atom stereocenters. The quantitative estimate of drug-likeness (QED) is 0.831. The maximum absolute atomic E-state index is 12.6. The van der Waals surface area contributed by atoms with Crippen molar-refractivity contribution in [2.24, 2.45) is 0 Å². The van der Waals surface area contributed by atoms with Crippen LogP contribution >= 0.6 is 0 Å². The number of carbonyl (C=O) groups excluding carboxylic acids is 1. The summed E-state index contributed by atoms with van der Waals surface area (Å²) in [5.41, 5.74) is 5.21. The van der Waals surface area contributed by atoms with Crippen LogP contribution in [0.4, 0.5) is 5.69 Å². The summed E-state index contributed by atoms with van der Waals surface area (Å²) in [6, 6.07) is 14.8. The van der Waals surface area contributed by atoms with Crippen molar-refractivity contribution in [1.82, 2.24) is 4.90 Å². The van der Waals surface area contributed by atoms with Gasteiger partial charge in [-0.15, -0.1) is 0 Å². The van der Waals surface area contributed by atoms with Gasteiger partial charge in [-0.1, -0.05) is 24.3 Å². The molecule has 1 fully saturated rings. The van der Waals surface area contributed by atoms with Gasteiger partial charge in [-0.05, 0) is 67.5 Å². The summed E-state index contributed by atoms with van der Waals surface area (Å²) in [7, 11) is 0. The zero-order chi connectivity index (χ0) is 18.6. The molecule has 0 aromatic heterocycles. The Kier molecular flexibility index (Phi) is 5.33. The van der Waals surface area contributed by atoms with Gasteiger partial charge in [0.2, 0.25) is 0 Å². The van der Waals surface area contributed by atoms with Gasteiger partial charge in [-0.3, -0.25) is 4.79 Å². The molecule has 0 N–H and O–H groups in total. The molecule has 1 aliphatic heterocycles. The number of amides is 1. The van der Waals surface area contributed by atoms with Crippen molar-refractivity contribution >= 4 is 11.6 Å². The average molecular weight is 364 g/mol. The van der Waals surface area contributed by atoms with E-state index in [1.807, 2.05) is 17.0 Å². The van der Waals surface area contributed by atoms with Gasteiger partial charge in [0.1, 0.15) is 5.75 Å². The number of nitrogens with zero attached hydrogens (tertiary/aromatic N) is 2. The molecule has 0 spiro atoms. The van der Waals surface area contributed by atoms with Crippen molar-refractivity contribution in [2.45, 2.75) is 32.6 Å². The summed E-state index contributed by atoms with van der Waals surface area (Å²) in [4.78, 5) is 16.9. The largest absolute Gasteiger partial charge is 0.483 e. The molecule has 2 aromatic carbocycles. The van der Waals surface area contributed by atoms with E-state index < -0.39 is 0 Å². The van der Waals surface area contributed by atoms with E-state index in [2.05, 4.69) is 42.2 Å². The monoisotopic (exact) mass is 364 g/mol. The first-order valence-electron chi connectivity index (χ1n) is 10.0. The standard InChI is InChI=1S/C23H28N2O2/c1-18-6-4-9-20(16-18)24-12-14-25(15-13-24)23(26)17-27-22-11-5-8-19-7-2-3-10-21(19)22/h4-6,8-9,11,16H,2-3,7,10,12-15,17H2,1H3. The lowest BCUT2D eigenvalue weighted by molar-refractivity contribution is -0.133. The van der Waals surface area contributed by atoms with E-state index in [9.17, 15) is 4.79 Å². The van der Waals surface area contributed by atoms with E-state index in [0.717, 1.165) is 44.8 Å². The molecule has 2 aliphatic rings. The summed E-state index contributed by atoms with van der Waals surface area (Å²) >= 11 is 0. The third-order valence-corrected chi connectivity index (χ3v) is 5.70. The predicted molar refractivity (Wildman–Crippen MR) is 109 cm³/mol. The van der Waals surface area contributed by atoms with Crippen molar-refractivity contribution in [3.05, 3.63) is 59.2 Å². The Hall–Kier alpha value is -2.49. The molecule has 4 nitrogen and oxygen atoms in total. The molecular weight excluding hydrogens is 336 g/mol. The highest BCUT2D eigenvalue weighted by Gasteiger charge is 2.22. The number of hydrogen-bond donors (Lipinski definition) is 0. The highest BCUT2D eigenvalue weighted by Crippen LogP contribution is 2.29. The second-order valence-electron chi connectivity index (χ2n) is 7.60. The Labute approximate surface area is 161 Å². The molecule has 0 saturated carbocycles. The van der Waals surface area contributed by atoms with Gasteiger partial charge in [0.25, 0.3) is 5.91 Å². The minimum absolute atomic E-state index is 0.0901. The molecule has 0 bridgehead atoms. The SMILES string of the molecule is Cc1cccc(N2CCN(C(=O)COc3cccc4c3CCCC4)CC2)c1. The molecule has 1 aliphatic carbocycles. The van der Waals surface area contributed by atoms with Crippen LogP contribution in [0.1, 0.15) is 29.5 Å². The zero-order valence-electron chi connectivity index (χ0n) is 16.1. The van der Waals surface area contributed by atoms with Crippen LogP contribution in [0.2, 0.25) is 0 Å². The molecule has 4 rings (SSSR count). The van der Waals surface area contributed by atoms with Crippen molar-refractivity contribution < 1.29 is 9.53 Å². The first-order chi connectivity index (χ1) is 13.2. The lowest BCUT2D eigenvalue weighted by atomic mass is 9.91. The molecular formula is C23H28N2O2. The first kappa shape index (κ1) is 17.9. The van der Waals surface area contributed by atoms with Gasteiger partial charge >= 0.3 is 0 Å². The topological polar surface area (TPSA) is 32.8 Å². The van der Waals surface area contributed by atoms with E-state index in [1.165, 1.54) is 35.2 Å². The number of rotatable bonds is 4. The van der Waals surface area contributed by atoms with Gasteiger partial charge in [-0.25, -0.2) is 0 Å². The smallest absolute Gasteiger partial charge is 0.260 e. The summed E-state index contributed by atoms with van der Waals surface area (Å²) in [5.74, 6) is 0.992. The van der Waals surface area contributed by atoms with Crippen molar-refractivity contribution in [2.75, 3.05) is 37.7 Å². The van der Waals surface area contributed by atoms with Crippen LogP contribution in [0.15, 0.2) is 42.5 Å². The van der Waals surface area contributed by atoms with Crippen LogP contribution in [0, 0.1) is 6.92 Å². The number of hydrogen-bond acceptors (Lipinski definition) is 3. The number of anilines is 1. The Morgan fingerprint density at radius 1 is 1.00 bits per heavy atom. The van der Waals surface area contributed by atoms with Crippen LogP contribution in [0.3, 0.4) is 0 Å². The molecule has 142 valence electrons. The highest BCUT2D eigenvalue weighted by atomic mass is 16.5. The summed E-state index contributed by atoms with van der Waals surface area (Å²) < 4.78 is 5.94. The number of ether oxygens (including phenoxy) is 1. The van der Waals surface area contributed by atoms with Gasteiger partial charge in [0, 0.05) is 31.9 Å². The third-order valence-electron chi connectivity index (χ3n) is 5.70. The van der Waals surface area contributed by atoms with Gasteiger partial charge in [-0.2, -0.15) is 0 Å². The van der Waals surface area contributed by atoms with Crippen LogP contribution in [0.25, 0.3) is 0 Å². The summed E-state index contributed by atoms with van der Waals surface area (Å²) in [6.45, 7) is 5.50. The lowest BCUT2D eigenvalue weighted by Crippen LogP contribution is -2.50. The van der Waals surface area contributed by atoms with Crippen molar-refractivity contribution in [3.63, 3.8) is 0 Å². The fraction of sp³-hybridized carbons (Fsp3) is 0.435. The normalized spacial score (nSPS) is 16.8. The fourth-order valence-electron chi connectivity index (χ4n) is 4.15. The second-order valence-corrected chi connectivity index (χ2v) is 7.60. The minimum atomic E-state index is 0.0901. The Balaban J connectivity index is 1.31. The first-order valence-corrected chi connectivity index (χ1v) is 10.0. The van der Waals surface area contributed by atoms with Crippen molar-refractivity contribution in [3.8, 4) is 5.75 Å². The third kappa shape index (κ3) is 4.10. The molecule has 1 amide bonds. The van der Waals surface area contributed by atoms with Gasteiger partial charge in [0.15, 0.2) is 6.61 Å². The Morgan fingerprint density at radius 3 is 2.59 bits per heavy atom. The molecule has 0 atom stereocenters. The highest BCUT2D eigenvalue weighted by molar-refractivity contribution is 5.78. The Morgan fingerprint density at radius 2 is 1.78 bits per heavy atom. The van der Waals surface area contributed by atoms with Crippen LogP contribution in [-0.2, 0) is 17.6 Å². The zero-order valence-corrected chi connectivity index (χ0v) is 16.1. The molecule has 0 radical (unpaired) electrons. The number of piperazine rings is 1. The minimum Gasteiger partial charge on any atom is -0.483 e. The summed E-state index contributed by atoms with van der Waals surface area (Å²) in [5, 5.41) is 0. The van der Waals surface area contributed by atoms with E-state index >= 15 is 0 Å². The van der Waals surface area contributed by atoms with Crippen LogP contribution in [-0.4, -0.2) is 43.6 Å². The van der Waals surface area contributed by atoms with E-state index in [1.54, 1.807) is 0 Å².